The molecule has 9 heavy (non-hydrogen) atoms. The predicted octanol–water partition coefficient (Wildman–Crippen LogP) is 2.02. The van der Waals surface area contributed by atoms with Gasteiger partial charge < -0.3 is 0 Å². The molecule has 1 fully saturated rings. The van der Waals surface area contributed by atoms with Crippen molar-refractivity contribution in [3.05, 3.63) is 0 Å². The maximum absolute atomic E-state index is 5.22. The molecule has 0 bridgehead atoms. The van der Waals surface area contributed by atoms with Crippen molar-refractivity contribution >= 4 is 12.6 Å². The predicted molar refractivity (Wildman–Crippen MR) is 42.5 cm³/mol. The summed E-state index contributed by atoms with van der Waals surface area (Å²) in [6.07, 6.45) is 3.83. The van der Waals surface area contributed by atoms with Gasteiger partial charge in [-0.25, -0.2) is 0 Å². The number of likely N-dealkylation sites (tertiary alicyclic amines) is 1. The van der Waals surface area contributed by atoms with Crippen LogP contribution in [0.15, 0.2) is 0 Å². The molecule has 1 unspecified atom stereocenters. The number of rotatable bonds is 2. The van der Waals surface area contributed by atoms with Crippen LogP contribution in [0.5, 0.6) is 0 Å². The zero-order valence-electron chi connectivity index (χ0n) is 5.97. The minimum Gasteiger partial charge on any atom is -0.291 e. The second kappa shape index (κ2) is 3.47. The fourth-order valence-electron chi connectivity index (χ4n) is 1.29. The second-order valence-electron chi connectivity index (χ2n) is 2.61. The van der Waals surface area contributed by atoms with Crippen molar-refractivity contribution in [1.29, 1.82) is 0 Å². The van der Waals surface area contributed by atoms with Crippen molar-refractivity contribution in [2.24, 2.45) is 0 Å². The van der Waals surface area contributed by atoms with Gasteiger partial charge in [-0.2, -0.15) is 0 Å². The topological polar surface area (TPSA) is 3.24 Å². The smallest absolute Gasteiger partial charge is 0.0659 e. The lowest BCUT2D eigenvalue weighted by atomic mass is 10.4. The highest BCUT2D eigenvalue weighted by Gasteiger charge is 2.16. The van der Waals surface area contributed by atoms with E-state index in [1.807, 2.05) is 0 Å². The molecule has 0 aromatic heterocycles. The lowest BCUT2D eigenvalue weighted by Gasteiger charge is -2.19. The summed E-state index contributed by atoms with van der Waals surface area (Å²) in [6, 6.07) is 0. The third-order valence-electron chi connectivity index (χ3n) is 1.90. The molecule has 1 heterocycles. The zero-order chi connectivity index (χ0) is 6.69. The number of hydrogen-bond acceptors (Lipinski definition) is 1. The summed E-state index contributed by atoms with van der Waals surface area (Å²) in [5.74, 6) is 0. The van der Waals surface area contributed by atoms with E-state index in [2.05, 4.69) is 11.8 Å². The molecule has 1 aliphatic rings. The van der Waals surface area contributed by atoms with Crippen LogP contribution >= 0.6 is 12.6 Å². The summed E-state index contributed by atoms with van der Waals surface area (Å²) >= 11 is 5.22. The van der Waals surface area contributed by atoms with Gasteiger partial charge in [-0.15, -0.1) is 0 Å². The molecule has 1 rings (SSSR count). The van der Waals surface area contributed by atoms with E-state index in [0.29, 0.717) is 5.37 Å². The summed E-state index contributed by atoms with van der Waals surface area (Å²) < 4.78 is 0. The van der Waals surface area contributed by atoms with Crippen LogP contribution in [0.4, 0.5) is 0 Å². The van der Waals surface area contributed by atoms with Crippen LogP contribution in [-0.2, 0) is 0 Å². The maximum Gasteiger partial charge on any atom is 0.0659 e. The molecule has 1 aliphatic heterocycles. The van der Waals surface area contributed by atoms with Gasteiger partial charge in [0, 0.05) is 0 Å². The van der Waals surface area contributed by atoms with E-state index in [1.54, 1.807) is 0 Å². The molecule has 1 saturated heterocycles. The van der Waals surface area contributed by atoms with Crippen LogP contribution in [0.1, 0.15) is 26.2 Å². The van der Waals surface area contributed by atoms with Crippen LogP contribution in [0.3, 0.4) is 0 Å². The first-order valence-corrected chi connectivity index (χ1v) is 4.21. The molecule has 0 aromatic carbocycles. The SMILES string of the molecule is CCC([S])N1CCCC1. The second-order valence-corrected chi connectivity index (χ2v) is 3.15. The summed E-state index contributed by atoms with van der Waals surface area (Å²) in [7, 11) is 0. The van der Waals surface area contributed by atoms with Gasteiger partial charge >= 0.3 is 0 Å². The molecule has 0 aromatic rings. The highest BCUT2D eigenvalue weighted by molar-refractivity contribution is 7.80. The van der Waals surface area contributed by atoms with Crippen molar-refractivity contribution in [2.45, 2.75) is 31.6 Å². The molecule has 0 spiro atoms. The van der Waals surface area contributed by atoms with Gasteiger partial charge in [-0.3, -0.25) is 4.90 Å². The lowest BCUT2D eigenvalue weighted by molar-refractivity contribution is 0.313. The van der Waals surface area contributed by atoms with Gasteiger partial charge in [0.1, 0.15) is 0 Å². The molecular weight excluding hydrogens is 130 g/mol. The zero-order valence-corrected chi connectivity index (χ0v) is 6.78. The Hall–Kier alpha value is 0.310. The minimum atomic E-state index is 0.410. The van der Waals surface area contributed by atoms with Crippen molar-refractivity contribution in [3.8, 4) is 0 Å². The van der Waals surface area contributed by atoms with E-state index in [0.717, 1.165) is 6.42 Å². The third-order valence-corrected chi connectivity index (χ3v) is 2.53. The van der Waals surface area contributed by atoms with Gasteiger partial charge in [-0.1, -0.05) is 19.6 Å². The van der Waals surface area contributed by atoms with Crippen molar-refractivity contribution in [1.82, 2.24) is 4.90 Å². The Kier molecular flexibility index (Phi) is 2.86. The first-order valence-electron chi connectivity index (χ1n) is 3.74. The Morgan fingerprint density at radius 2 is 2.00 bits per heavy atom. The lowest BCUT2D eigenvalue weighted by Crippen LogP contribution is -2.27. The fraction of sp³-hybridized carbons (Fsp3) is 1.00. The molecular formula is C7H14NS. The van der Waals surface area contributed by atoms with E-state index >= 15 is 0 Å². The molecule has 0 N–H and O–H groups in total. The van der Waals surface area contributed by atoms with E-state index < -0.39 is 0 Å². The highest BCUT2D eigenvalue weighted by atomic mass is 32.1. The van der Waals surface area contributed by atoms with E-state index in [9.17, 15) is 0 Å². The normalized spacial score (nSPS) is 24.7. The monoisotopic (exact) mass is 144 g/mol. The molecule has 53 valence electrons. The van der Waals surface area contributed by atoms with Crippen molar-refractivity contribution in [3.63, 3.8) is 0 Å². The summed E-state index contributed by atoms with van der Waals surface area (Å²) in [5.41, 5.74) is 0. The molecule has 0 aliphatic carbocycles. The van der Waals surface area contributed by atoms with Crippen LogP contribution < -0.4 is 0 Å². The van der Waals surface area contributed by atoms with Crippen molar-refractivity contribution < 1.29 is 0 Å². The van der Waals surface area contributed by atoms with E-state index in [4.69, 9.17) is 12.6 Å². The van der Waals surface area contributed by atoms with E-state index in [1.165, 1.54) is 25.9 Å². The third kappa shape index (κ3) is 1.87. The van der Waals surface area contributed by atoms with E-state index in [-0.39, 0.29) is 0 Å². The Morgan fingerprint density at radius 3 is 2.44 bits per heavy atom. The van der Waals surface area contributed by atoms with Gasteiger partial charge in [0.2, 0.25) is 0 Å². The Balaban J connectivity index is 2.24. The molecule has 0 amide bonds. The van der Waals surface area contributed by atoms with Gasteiger partial charge in [0.25, 0.3) is 0 Å². The maximum atomic E-state index is 5.22. The highest BCUT2D eigenvalue weighted by Crippen LogP contribution is 2.15. The number of hydrogen-bond donors (Lipinski definition) is 0. The molecule has 2 heteroatoms. The Morgan fingerprint density at radius 1 is 1.44 bits per heavy atom. The number of nitrogens with zero attached hydrogens (tertiary/aromatic N) is 1. The van der Waals surface area contributed by atoms with Gasteiger partial charge in [0.05, 0.1) is 5.37 Å². The van der Waals surface area contributed by atoms with Gasteiger partial charge in [-0.05, 0) is 32.4 Å². The largest absolute Gasteiger partial charge is 0.291 e. The average molecular weight is 144 g/mol. The first kappa shape index (κ1) is 7.42. The quantitative estimate of drug-likeness (QED) is 0.573. The summed E-state index contributed by atoms with van der Waals surface area (Å²) in [4.78, 5) is 2.40. The van der Waals surface area contributed by atoms with Crippen LogP contribution in [0.2, 0.25) is 0 Å². The summed E-state index contributed by atoms with van der Waals surface area (Å²) in [5, 5.41) is 0.410. The van der Waals surface area contributed by atoms with Crippen LogP contribution in [0, 0.1) is 0 Å². The molecule has 1 nitrogen and oxygen atoms in total. The standard InChI is InChI=1S/C7H14NS/c1-2-7(9)8-5-3-4-6-8/h7H,2-6H2,1H3. The fourth-order valence-corrected chi connectivity index (χ4v) is 1.50. The Labute approximate surface area is 62.8 Å². The average Bonchev–Trinajstić information content (AvgIpc) is 2.37. The van der Waals surface area contributed by atoms with Gasteiger partial charge in [0.15, 0.2) is 0 Å². The Bertz CT molecular complexity index is 79.0. The van der Waals surface area contributed by atoms with Crippen LogP contribution in [0.25, 0.3) is 0 Å². The van der Waals surface area contributed by atoms with Crippen molar-refractivity contribution in [2.75, 3.05) is 13.1 Å². The first-order chi connectivity index (χ1) is 4.34. The van der Waals surface area contributed by atoms with Crippen LogP contribution in [-0.4, -0.2) is 23.4 Å². The molecule has 1 atom stereocenters. The summed E-state index contributed by atoms with van der Waals surface area (Å²) in [6.45, 7) is 4.64. The minimum absolute atomic E-state index is 0.410. The molecule has 1 radical (unpaired) electrons. The molecule has 0 saturated carbocycles.